The van der Waals surface area contributed by atoms with Crippen molar-refractivity contribution >= 4 is 23.5 Å². The van der Waals surface area contributed by atoms with Crippen molar-refractivity contribution in [1.29, 1.82) is 0 Å². The highest BCUT2D eigenvalue weighted by Gasteiger charge is 2.32. The van der Waals surface area contributed by atoms with E-state index in [1.54, 1.807) is 24.3 Å². The molecule has 0 radical (unpaired) electrons. The number of rotatable bonds is 7. The summed E-state index contributed by atoms with van der Waals surface area (Å²) in [5.41, 5.74) is -0.200. The topological polar surface area (TPSA) is 84.9 Å². The Kier molecular flexibility index (Phi) is 8.14. The lowest BCUT2D eigenvalue weighted by atomic mass is 9.96. The second kappa shape index (κ2) is 11.0. The van der Waals surface area contributed by atoms with Crippen LogP contribution in [0.4, 0.5) is 18.9 Å². The van der Waals surface area contributed by atoms with Crippen molar-refractivity contribution in [3.05, 3.63) is 59.7 Å². The average molecular weight is 478 g/mol. The van der Waals surface area contributed by atoms with Crippen LogP contribution >= 0.6 is 0 Å². The van der Waals surface area contributed by atoms with E-state index in [0.29, 0.717) is 30.9 Å². The number of hydrogen-bond acceptors (Lipinski definition) is 5. The highest BCUT2D eigenvalue weighted by atomic mass is 19.4. The first-order valence-corrected chi connectivity index (χ1v) is 10.8. The molecule has 0 unspecified atom stereocenters. The van der Waals surface area contributed by atoms with Crippen LogP contribution in [0.2, 0.25) is 0 Å². The van der Waals surface area contributed by atoms with E-state index in [1.165, 1.54) is 4.90 Å². The van der Waals surface area contributed by atoms with Crippen LogP contribution < -0.4 is 10.1 Å². The molecule has 1 saturated heterocycles. The zero-order valence-electron chi connectivity index (χ0n) is 18.6. The lowest BCUT2D eigenvalue weighted by Crippen LogP contribution is -2.41. The molecule has 1 heterocycles. The third-order valence-corrected chi connectivity index (χ3v) is 5.38. The minimum Gasteiger partial charge on any atom is -0.492 e. The van der Waals surface area contributed by atoms with E-state index in [0.717, 1.165) is 24.3 Å². The molecule has 10 heteroatoms. The summed E-state index contributed by atoms with van der Waals surface area (Å²) in [5.74, 6) is -1.40. The van der Waals surface area contributed by atoms with Crippen molar-refractivity contribution < 1.29 is 37.0 Å². The highest BCUT2D eigenvalue weighted by Crippen LogP contribution is 2.29. The number of piperidine rings is 1. The van der Waals surface area contributed by atoms with Gasteiger partial charge in [-0.2, -0.15) is 13.2 Å². The molecule has 0 aliphatic carbocycles. The van der Waals surface area contributed by atoms with Gasteiger partial charge in [-0.1, -0.05) is 12.1 Å². The number of para-hydroxylation sites is 2. The Morgan fingerprint density at radius 1 is 1.03 bits per heavy atom. The van der Waals surface area contributed by atoms with E-state index in [2.05, 4.69) is 5.32 Å². The van der Waals surface area contributed by atoms with Gasteiger partial charge < -0.3 is 19.7 Å². The fourth-order valence-electron chi connectivity index (χ4n) is 3.59. The molecule has 182 valence electrons. The normalized spacial score (nSPS) is 14.4. The fraction of sp³-hybridized carbons (Fsp3) is 0.375. The van der Waals surface area contributed by atoms with E-state index < -0.39 is 42.0 Å². The van der Waals surface area contributed by atoms with Gasteiger partial charge in [0.25, 0.3) is 11.8 Å². The van der Waals surface area contributed by atoms with Crippen LogP contribution in [0.25, 0.3) is 0 Å². The van der Waals surface area contributed by atoms with Crippen LogP contribution in [-0.2, 0) is 20.5 Å². The minimum absolute atomic E-state index is 0.151. The Balaban J connectivity index is 1.45. The SMILES string of the molecule is CCOc1ccccc1NC(=O)COC(=O)C1CCN(C(=O)c2ccc(C(F)(F)F)cc2)CC1. The maximum Gasteiger partial charge on any atom is 0.416 e. The molecule has 2 aromatic carbocycles. The molecule has 1 aliphatic rings. The number of anilines is 1. The molecule has 7 nitrogen and oxygen atoms in total. The van der Waals surface area contributed by atoms with E-state index in [4.69, 9.17) is 9.47 Å². The summed E-state index contributed by atoms with van der Waals surface area (Å²) < 4.78 is 48.7. The third-order valence-electron chi connectivity index (χ3n) is 5.38. The molecule has 3 rings (SSSR count). The quantitative estimate of drug-likeness (QED) is 0.605. The Hall–Kier alpha value is -3.56. The molecule has 1 aliphatic heterocycles. The molecule has 2 aromatic rings. The first kappa shape index (κ1) is 25.1. The second-order valence-electron chi connectivity index (χ2n) is 7.73. The number of hydrogen-bond donors (Lipinski definition) is 1. The number of ether oxygens (including phenoxy) is 2. The lowest BCUT2D eigenvalue weighted by molar-refractivity contribution is -0.152. The monoisotopic (exact) mass is 478 g/mol. The van der Waals surface area contributed by atoms with Gasteiger partial charge >= 0.3 is 12.1 Å². The van der Waals surface area contributed by atoms with E-state index in [-0.39, 0.29) is 18.7 Å². The summed E-state index contributed by atoms with van der Waals surface area (Å²) in [6, 6.07) is 10.9. The Morgan fingerprint density at radius 2 is 1.68 bits per heavy atom. The van der Waals surface area contributed by atoms with Gasteiger partial charge in [-0.15, -0.1) is 0 Å². The van der Waals surface area contributed by atoms with E-state index >= 15 is 0 Å². The molecule has 0 bridgehead atoms. The number of nitrogens with zero attached hydrogens (tertiary/aromatic N) is 1. The van der Waals surface area contributed by atoms with Gasteiger partial charge in [-0.25, -0.2) is 0 Å². The van der Waals surface area contributed by atoms with Crippen LogP contribution in [0.5, 0.6) is 5.75 Å². The fourth-order valence-corrected chi connectivity index (χ4v) is 3.59. The van der Waals surface area contributed by atoms with Crippen LogP contribution in [0.3, 0.4) is 0 Å². The maximum absolute atomic E-state index is 12.7. The Labute approximate surface area is 194 Å². The van der Waals surface area contributed by atoms with Gasteiger partial charge in [0.05, 0.1) is 23.8 Å². The largest absolute Gasteiger partial charge is 0.492 e. The van der Waals surface area contributed by atoms with Gasteiger partial charge in [0.15, 0.2) is 6.61 Å². The molecule has 1 N–H and O–H groups in total. The summed E-state index contributed by atoms with van der Waals surface area (Å²) in [6.45, 7) is 2.32. The van der Waals surface area contributed by atoms with Crippen molar-refractivity contribution in [1.82, 2.24) is 4.90 Å². The summed E-state index contributed by atoms with van der Waals surface area (Å²) in [7, 11) is 0. The third kappa shape index (κ3) is 6.49. The van der Waals surface area contributed by atoms with Crippen molar-refractivity contribution in [2.45, 2.75) is 25.9 Å². The molecule has 0 aromatic heterocycles. The van der Waals surface area contributed by atoms with Crippen LogP contribution in [-0.4, -0.2) is 49.0 Å². The van der Waals surface area contributed by atoms with Gasteiger partial charge in [0, 0.05) is 18.7 Å². The first-order valence-electron chi connectivity index (χ1n) is 10.8. The summed E-state index contributed by atoms with van der Waals surface area (Å²) >= 11 is 0. The maximum atomic E-state index is 12.7. The van der Waals surface area contributed by atoms with Crippen molar-refractivity contribution in [3.8, 4) is 5.75 Å². The molecular formula is C24H25F3N2O5. The van der Waals surface area contributed by atoms with Gasteiger partial charge in [0.2, 0.25) is 0 Å². The predicted molar refractivity (Wildman–Crippen MR) is 117 cm³/mol. The van der Waals surface area contributed by atoms with Crippen LogP contribution in [0.1, 0.15) is 35.7 Å². The second-order valence-corrected chi connectivity index (χ2v) is 7.73. The zero-order chi connectivity index (χ0) is 24.7. The van der Waals surface area contributed by atoms with Crippen molar-refractivity contribution in [3.63, 3.8) is 0 Å². The number of esters is 1. The number of amides is 2. The first-order chi connectivity index (χ1) is 16.2. The molecule has 1 fully saturated rings. The number of carbonyl (C=O) groups is 3. The number of nitrogens with one attached hydrogen (secondary N) is 1. The van der Waals surface area contributed by atoms with Crippen molar-refractivity contribution in [2.75, 3.05) is 31.6 Å². The number of halogens is 3. The molecule has 0 saturated carbocycles. The van der Waals surface area contributed by atoms with E-state index in [9.17, 15) is 27.6 Å². The molecule has 0 atom stereocenters. The summed E-state index contributed by atoms with van der Waals surface area (Å²) in [5, 5.41) is 2.64. The predicted octanol–water partition coefficient (Wildman–Crippen LogP) is 4.14. The summed E-state index contributed by atoms with van der Waals surface area (Å²) in [4.78, 5) is 38.6. The number of likely N-dealkylation sites (tertiary alicyclic amines) is 1. The Morgan fingerprint density at radius 3 is 2.29 bits per heavy atom. The zero-order valence-corrected chi connectivity index (χ0v) is 18.6. The van der Waals surface area contributed by atoms with Gasteiger partial charge in [-0.3, -0.25) is 14.4 Å². The smallest absolute Gasteiger partial charge is 0.416 e. The average Bonchev–Trinajstić information content (AvgIpc) is 2.83. The van der Waals surface area contributed by atoms with Crippen molar-refractivity contribution in [2.24, 2.45) is 5.92 Å². The van der Waals surface area contributed by atoms with Crippen LogP contribution in [0, 0.1) is 5.92 Å². The Bertz CT molecular complexity index is 1020. The molecular weight excluding hydrogens is 453 g/mol. The molecule has 34 heavy (non-hydrogen) atoms. The minimum atomic E-state index is -4.47. The number of alkyl halides is 3. The number of benzene rings is 2. The van der Waals surface area contributed by atoms with Crippen LogP contribution in [0.15, 0.2) is 48.5 Å². The molecule has 2 amide bonds. The molecule has 0 spiro atoms. The standard InChI is InChI=1S/C24H25F3N2O5/c1-2-33-20-6-4-3-5-19(20)28-21(30)15-34-23(32)17-11-13-29(14-12-17)22(31)16-7-9-18(10-8-16)24(25,26)27/h3-10,17H,2,11-15H2,1H3,(H,28,30). The van der Waals surface area contributed by atoms with E-state index in [1.807, 2.05) is 6.92 Å². The van der Waals surface area contributed by atoms with Gasteiger partial charge in [0.1, 0.15) is 5.75 Å². The highest BCUT2D eigenvalue weighted by molar-refractivity contribution is 5.95. The number of carbonyl (C=O) groups excluding carboxylic acids is 3. The lowest BCUT2D eigenvalue weighted by Gasteiger charge is -2.31. The van der Waals surface area contributed by atoms with Gasteiger partial charge in [-0.05, 0) is 56.2 Å². The summed E-state index contributed by atoms with van der Waals surface area (Å²) in [6.07, 6.45) is -3.80.